The van der Waals surface area contributed by atoms with E-state index in [1.165, 1.54) is 16.3 Å². The van der Waals surface area contributed by atoms with Gasteiger partial charge >= 0.3 is 0 Å². The van der Waals surface area contributed by atoms with Crippen LogP contribution in [0.1, 0.15) is 24.4 Å². The van der Waals surface area contributed by atoms with E-state index in [1.807, 2.05) is 24.3 Å². The summed E-state index contributed by atoms with van der Waals surface area (Å²) in [6.45, 7) is 2.87. The van der Waals surface area contributed by atoms with Gasteiger partial charge < -0.3 is 9.15 Å². The average molecular weight is 373 g/mol. The van der Waals surface area contributed by atoms with Crippen LogP contribution in [-0.4, -0.2) is 29.3 Å². The predicted octanol–water partition coefficient (Wildman–Crippen LogP) is 5.09. The average Bonchev–Trinajstić information content (AvgIpc) is 3.23. The fraction of sp³-hybridized carbons (Fsp3) is 0.217. The minimum atomic E-state index is 0.00553. The van der Waals surface area contributed by atoms with Gasteiger partial charge in [-0.2, -0.15) is 0 Å². The maximum absolute atomic E-state index is 5.93. The van der Waals surface area contributed by atoms with Crippen LogP contribution in [0.15, 0.2) is 71.1 Å². The second-order valence-electron chi connectivity index (χ2n) is 6.95. The van der Waals surface area contributed by atoms with E-state index >= 15 is 0 Å². The molecule has 0 spiro atoms. The summed E-state index contributed by atoms with van der Waals surface area (Å²) in [6.07, 6.45) is 0. The second kappa shape index (κ2) is 7.82. The molecule has 0 bridgehead atoms. The Morgan fingerprint density at radius 3 is 2.46 bits per heavy atom. The third kappa shape index (κ3) is 3.75. The Morgan fingerprint density at radius 1 is 0.964 bits per heavy atom. The fourth-order valence-electron chi connectivity index (χ4n) is 3.20. The molecule has 0 aliphatic carbocycles. The summed E-state index contributed by atoms with van der Waals surface area (Å²) in [5.41, 5.74) is 2.13. The lowest BCUT2D eigenvalue weighted by Gasteiger charge is -2.22. The molecular weight excluding hydrogens is 350 g/mol. The molecule has 3 aromatic carbocycles. The van der Waals surface area contributed by atoms with Gasteiger partial charge in [-0.15, -0.1) is 10.2 Å². The number of hydrogen-bond donors (Lipinski definition) is 0. The van der Waals surface area contributed by atoms with Gasteiger partial charge in [0.15, 0.2) is 0 Å². The van der Waals surface area contributed by atoms with Gasteiger partial charge in [0.25, 0.3) is 0 Å². The number of hydrogen-bond acceptors (Lipinski definition) is 5. The van der Waals surface area contributed by atoms with Gasteiger partial charge in [-0.25, -0.2) is 0 Å². The Hall–Kier alpha value is -3.18. The molecule has 142 valence electrons. The fourth-order valence-corrected chi connectivity index (χ4v) is 3.20. The van der Waals surface area contributed by atoms with E-state index in [0.717, 1.165) is 17.9 Å². The van der Waals surface area contributed by atoms with E-state index in [0.29, 0.717) is 11.8 Å². The third-order valence-electron chi connectivity index (χ3n) is 5.04. The molecule has 0 saturated carbocycles. The highest BCUT2D eigenvalue weighted by Gasteiger charge is 2.19. The lowest BCUT2D eigenvalue weighted by atomic mass is 10.1. The van der Waals surface area contributed by atoms with Crippen LogP contribution in [0.5, 0.6) is 5.75 Å². The highest BCUT2D eigenvalue weighted by atomic mass is 16.5. The zero-order chi connectivity index (χ0) is 19.5. The summed E-state index contributed by atoms with van der Waals surface area (Å²) in [4.78, 5) is 2.20. The molecule has 4 aromatic rings. The molecule has 1 atom stereocenters. The molecule has 0 amide bonds. The Morgan fingerprint density at radius 2 is 1.71 bits per heavy atom. The van der Waals surface area contributed by atoms with Gasteiger partial charge in [0.2, 0.25) is 11.8 Å². The molecule has 0 N–H and O–H groups in total. The third-order valence-corrected chi connectivity index (χ3v) is 5.04. The number of benzene rings is 3. The zero-order valence-electron chi connectivity index (χ0n) is 16.3. The molecule has 28 heavy (non-hydrogen) atoms. The number of methoxy groups -OCH3 is 1. The van der Waals surface area contributed by atoms with Crippen LogP contribution in [-0.2, 0) is 6.54 Å². The lowest BCUT2D eigenvalue weighted by molar-refractivity contribution is 0.218. The zero-order valence-corrected chi connectivity index (χ0v) is 16.3. The summed E-state index contributed by atoms with van der Waals surface area (Å²) in [5.74, 6) is 1.92. The first kappa shape index (κ1) is 18.2. The minimum absolute atomic E-state index is 0.00553. The molecule has 0 saturated heterocycles. The Kier molecular flexibility index (Phi) is 5.08. The van der Waals surface area contributed by atoms with Crippen molar-refractivity contribution in [1.82, 2.24) is 15.1 Å². The largest absolute Gasteiger partial charge is 0.497 e. The Labute approximate surface area is 164 Å². The highest BCUT2D eigenvalue weighted by molar-refractivity contribution is 5.82. The number of nitrogens with zero attached hydrogens (tertiary/aromatic N) is 3. The molecule has 5 heteroatoms. The van der Waals surface area contributed by atoms with Crippen LogP contribution in [0.4, 0.5) is 0 Å². The molecule has 0 unspecified atom stereocenters. The van der Waals surface area contributed by atoms with E-state index in [1.54, 1.807) is 7.11 Å². The predicted molar refractivity (Wildman–Crippen MR) is 110 cm³/mol. The summed E-state index contributed by atoms with van der Waals surface area (Å²) in [7, 11) is 3.71. The Bertz CT molecular complexity index is 1070. The van der Waals surface area contributed by atoms with Crippen LogP contribution in [0.3, 0.4) is 0 Å². The Balaban J connectivity index is 1.48. The normalized spacial score (nSPS) is 12.4. The molecular formula is C23H23N3O2. The van der Waals surface area contributed by atoms with Crippen LogP contribution in [0.2, 0.25) is 0 Å². The second-order valence-corrected chi connectivity index (χ2v) is 6.95. The smallest absolute Gasteiger partial charge is 0.247 e. The van der Waals surface area contributed by atoms with Crippen molar-refractivity contribution in [2.75, 3.05) is 14.2 Å². The van der Waals surface area contributed by atoms with Crippen molar-refractivity contribution >= 4 is 10.8 Å². The van der Waals surface area contributed by atoms with Gasteiger partial charge in [0.05, 0.1) is 13.2 Å². The maximum Gasteiger partial charge on any atom is 0.247 e. The standard InChI is InChI=1S/C23H23N3O2/c1-16(22-24-25-23(28-22)19-10-12-21(27-3)13-11-19)26(2)15-17-8-9-18-6-4-5-7-20(18)14-17/h4-14,16H,15H2,1-3H3/t16-/m1/s1. The summed E-state index contributed by atoms with van der Waals surface area (Å²) in [5, 5.41) is 11.0. The number of rotatable bonds is 6. The first-order valence-electron chi connectivity index (χ1n) is 9.30. The van der Waals surface area contributed by atoms with E-state index in [-0.39, 0.29) is 6.04 Å². The van der Waals surface area contributed by atoms with Crippen molar-refractivity contribution in [1.29, 1.82) is 0 Å². The van der Waals surface area contributed by atoms with Crippen molar-refractivity contribution < 1.29 is 9.15 Å². The van der Waals surface area contributed by atoms with Crippen LogP contribution < -0.4 is 4.74 Å². The van der Waals surface area contributed by atoms with Gasteiger partial charge in [0, 0.05) is 12.1 Å². The molecule has 1 aromatic heterocycles. The highest BCUT2D eigenvalue weighted by Crippen LogP contribution is 2.26. The first-order valence-corrected chi connectivity index (χ1v) is 9.30. The number of ether oxygens (including phenoxy) is 1. The topological polar surface area (TPSA) is 51.4 Å². The van der Waals surface area contributed by atoms with Crippen LogP contribution >= 0.6 is 0 Å². The quantitative estimate of drug-likeness (QED) is 0.471. The molecule has 5 nitrogen and oxygen atoms in total. The molecule has 4 rings (SSSR count). The van der Waals surface area contributed by atoms with E-state index < -0.39 is 0 Å². The lowest BCUT2D eigenvalue weighted by Crippen LogP contribution is -2.22. The van der Waals surface area contributed by atoms with Crippen molar-refractivity contribution in [3.05, 3.63) is 78.2 Å². The van der Waals surface area contributed by atoms with Crippen molar-refractivity contribution in [3.8, 4) is 17.2 Å². The number of aromatic nitrogens is 2. The molecule has 0 radical (unpaired) electrons. The van der Waals surface area contributed by atoms with Crippen LogP contribution in [0.25, 0.3) is 22.2 Å². The van der Waals surface area contributed by atoms with E-state index in [4.69, 9.17) is 9.15 Å². The number of fused-ring (bicyclic) bond motifs is 1. The van der Waals surface area contributed by atoms with E-state index in [9.17, 15) is 0 Å². The molecule has 0 aliphatic heterocycles. The summed E-state index contributed by atoms with van der Waals surface area (Å²) >= 11 is 0. The molecule has 0 aliphatic rings. The van der Waals surface area contributed by atoms with E-state index in [2.05, 4.69) is 71.5 Å². The van der Waals surface area contributed by atoms with Crippen molar-refractivity contribution in [3.63, 3.8) is 0 Å². The van der Waals surface area contributed by atoms with Crippen LogP contribution in [0, 0.1) is 0 Å². The summed E-state index contributed by atoms with van der Waals surface area (Å²) in [6, 6.07) is 22.6. The monoisotopic (exact) mass is 373 g/mol. The molecule has 1 heterocycles. The van der Waals surface area contributed by atoms with Gasteiger partial charge in [-0.1, -0.05) is 36.4 Å². The van der Waals surface area contributed by atoms with Crippen molar-refractivity contribution in [2.45, 2.75) is 19.5 Å². The first-order chi connectivity index (χ1) is 13.6. The molecule has 0 fully saturated rings. The SMILES string of the molecule is COc1ccc(-c2nnc([C@@H](C)N(C)Cc3ccc4ccccc4c3)o2)cc1. The van der Waals surface area contributed by atoms with Gasteiger partial charge in [0.1, 0.15) is 5.75 Å². The van der Waals surface area contributed by atoms with Crippen molar-refractivity contribution in [2.24, 2.45) is 0 Å². The maximum atomic E-state index is 5.93. The summed E-state index contributed by atoms with van der Waals surface area (Å²) < 4.78 is 11.1. The van der Waals surface area contributed by atoms with Gasteiger partial charge in [-0.05, 0) is 60.6 Å². The minimum Gasteiger partial charge on any atom is -0.497 e. The van der Waals surface area contributed by atoms with Gasteiger partial charge in [-0.3, -0.25) is 4.90 Å².